The van der Waals surface area contributed by atoms with Crippen LogP contribution < -0.4 is 14.8 Å². The minimum Gasteiger partial charge on any atom is -0.486 e. The number of fused-ring (bicyclic) bond motifs is 1. The van der Waals surface area contributed by atoms with Gasteiger partial charge in [0.05, 0.1) is 0 Å². The largest absolute Gasteiger partial charge is 0.486 e. The normalized spacial score (nSPS) is 16.8. The lowest BCUT2D eigenvalue weighted by molar-refractivity contribution is 0.171. The molecule has 1 N–H and O–H groups in total. The highest BCUT2D eigenvalue weighted by Gasteiger charge is 2.18. The van der Waals surface area contributed by atoms with E-state index in [9.17, 15) is 0 Å². The van der Waals surface area contributed by atoms with Crippen LogP contribution in [0.3, 0.4) is 0 Å². The first-order valence-corrected chi connectivity index (χ1v) is 8.91. The molecule has 1 aliphatic heterocycles. The van der Waals surface area contributed by atoms with Crippen LogP contribution in [0.25, 0.3) is 0 Å². The van der Waals surface area contributed by atoms with Crippen LogP contribution in [0, 0.1) is 5.92 Å². The van der Waals surface area contributed by atoms with E-state index in [1.807, 2.05) is 17.8 Å². The Morgan fingerprint density at radius 2 is 1.86 bits per heavy atom. The molecule has 3 nitrogen and oxygen atoms in total. The number of rotatable bonds is 7. The Kier molecular flexibility index (Phi) is 6.24. The Labute approximate surface area is 132 Å². The molecule has 0 aromatic heterocycles. The van der Waals surface area contributed by atoms with Crippen LogP contribution in [0.1, 0.15) is 39.3 Å². The van der Waals surface area contributed by atoms with Gasteiger partial charge in [0.15, 0.2) is 11.5 Å². The highest BCUT2D eigenvalue weighted by molar-refractivity contribution is 7.99. The van der Waals surface area contributed by atoms with E-state index in [0.717, 1.165) is 23.8 Å². The predicted octanol–water partition coefficient (Wildman–Crippen LogP) is 3.89. The molecule has 2 unspecified atom stereocenters. The van der Waals surface area contributed by atoms with Crippen LogP contribution in [0.2, 0.25) is 0 Å². The van der Waals surface area contributed by atoms with E-state index < -0.39 is 0 Å². The summed E-state index contributed by atoms with van der Waals surface area (Å²) in [5, 5.41) is 4.25. The summed E-state index contributed by atoms with van der Waals surface area (Å²) in [6.07, 6.45) is 0. The number of nitrogens with one attached hydrogen (secondary N) is 1. The fourth-order valence-corrected chi connectivity index (χ4v) is 3.43. The van der Waals surface area contributed by atoms with Crippen molar-refractivity contribution in [2.75, 3.05) is 25.5 Å². The van der Waals surface area contributed by atoms with Gasteiger partial charge in [-0.15, -0.1) is 0 Å². The predicted molar refractivity (Wildman–Crippen MR) is 90.6 cm³/mol. The van der Waals surface area contributed by atoms with E-state index in [1.165, 1.54) is 5.56 Å². The second-order valence-corrected chi connectivity index (χ2v) is 7.21. The monoisotopic (exact) mass is 309 g/mol. The van der Waals surface area contributed by atoms with Crippen molar-refractivity contribution < 1.29 is 9.47 Å². The van der Waals surface area contributed by atoms with E-state index in [1.54, 1.807) is 0 Å². The summed E-state index contributed by atoms with van der Waals surface area (Å²) in [6.45, 7) is 11.3. The molecule has 1 aromatic carbocycles. The fourth-order valence-electron chi connectivity index (χ4n) is 2.24. The van der Waals surface area contributed by atoms with Crippen LogP contribution in [0.15, 0.2) is 18.2 Å². The van der Waals surface area contributed by atoms with Gasteiger partial charge in [0.1, 0.15) is 13.2 Å². The summed E-state index contributed by atoms with van der Waals surface area (Å²) < 4.78 is 11.3. The maximum Gasteiger partial charge on any atom is 0.161 e. The van der Waals surface area contributed by atoms with Crippen molar-refractivity contribution in [2.45, 2.75) is 39.0 Å². The molecule has 0 aliphatic carbocycles. The molecule has 0 saturated carbocycles. The number of hydrogen-bond acceptors (Lipinski definition) is 4. The van der Waals surface area contributed by atoms with Gasteiger partial charge < -0.3 is 14.8 Å². The van der Waals surface area contributed by atoms with Crippen molar-refractivity contribution >= 4 is 11.8 Å². The van der Waals surface area contributed by atoms with E-state index in [2.05, 4.69) is 45.1 Å². The molecule has 2 rings (SSSR count). The first-order valence-electron chi connectivity index (χ1n) is 7.86. The van der Waals surface area contributed by atoms with Crippen molar-refractivity contribution in [3.63, 3.8) is 0 Å². The lowest BCUT2D eigenvalue weighted by Crippen LogP contribution is -2.25. The first kappa shape index (κ1) is 16.5. The molecule has 1 aliphatic rings. The van der Waals surface area contributed by atoms with Crippen molar-refractivity contribution in [3.8, 4) is 11.5 Å². The fraction of sp³-hybridized carbons (Fsp3) is 0.647. The standard InChI is InChI=1S/C17H27NO2S/c1-5-18-15(11-21-13(4)12(2)3)14-6-7-16-17(10-14)20-9-8-19-16/h6-7,10,12-13,15,18H,5,8-9,11H2,1-4H3. The third-order valence-electron chi connectivity index (χ3n) is 3.88. The zero-order chi connectivity index (χ0) is 15.2. The molecule has 0 radical (unpaired) electrons. The summed E-state index contributed by atoms with van der Waals surface area (Å²) >= 11 is 2.03. The molecule has 2 atom stereocenters. The summed E-state index contributed by atoms with van der Waals surface area (Å²) in [7, 11) is 0. The molecular weight excluding hydrogens is 282 g/mol. The third-order valence-corrected chi connectivity index (χ3v) is 5.48. The van der Waals surface area contributed by atoms with Gasteiger partial charge in [-0.2, -0.15) is 11.8 Å². The molecule has 0 fully saturated rings. The molecule has 0 bridgehead atoms. The van der Waals surface area contributed by atoms with Crippen LogP contribution >= 0.6 is 11.8 Å². The highest BCUT2D eigenvalue weighted by atomic mass is 32.2. The summed E-state index contributed by atoms with van der Waals surface area (Å²) in [4.78, 5) is 0. The van der Waals surface area contributed by atoms with Crippen molar-refractivity contribution in [1.82, 2.24) is 5.32 Å². The molecule has 0 saturated heterocycles. The number of thioether (sulfide) groups is 1. The Morgan fingerprint density at radius 1 is 1.14 bits per heavy atom. The molecule has 0 spiro atoms. The number of hydrogen-bond donors (Lipinski definition) is 1. The van der Waals surface area contributed by atoms with E-state index in [0.29, 0.717) is 30.4 Å². The molecule has 0 amide bonds. The average Bonchev–Trinajstić information content (AvgIpc) is 2.50. The molecule has 4 heteroatoms. The third kappa shape index (κ3) is 4.55. The lowest BCUT2D eigenvalue weighted by Gasteiger charge is -2.24. The van der Waals surface area contributed by atoms with Crippen LogP contribution in [-0.2, 0) is 0 Å². The van der Waals surface area contributed by atoms with E-state index >= 15 is 0 Å². The molecule has 1 heterocycles. The topological polar surface area (TPSA) is 30.5 Å². The zero-order valence-electron chi connectivity index (χ0n) is 13.5. The molecule has 21 heavy (non-hydrogen) atoms. The van der Waals surface area contributed by atoms with Gasteiger partial charge in [-0.1, -0.05) is 33.8 Å². The molecule has 1 aromatic rings. The summed E-state index contributed by atoms with van der Waals surface area (Å²) in [5.41, 5.74) is 1.28. The van der Waals surface area contributed by atoms with Gasteiger partial charge in [-0.3, -0.25) is 0 Å². The van der Waals surface area contributed by atoms with E-state index in [4.69, 9.17) is 9.47 Å². The summed E-state index contributed by atoms with van der Waals surface area (Å²) in [5.74, 6) is 3.52. The Bertz CT molecular complexity index is 450. The quantitative estimate of drug-likeness (QED) is 0.828. The Balaban J connectivity index is 2.06. The minimum absolute atomic E-state index is 0.358. The van der Waals surface area contributed by atoms with E-state index in [-0.39, 0.29) is 0 Å². The lowest BCUT2D eigenvalue weighted by atomic mass is 10.1. The van der Waals surface area contributed by atoms with Crippen LogP contribution in [-0.4, -0.2) is 30.8 Å². The SMILES string of the molecule is CCNC(CSC(C)C(C)C)c1ccc2c(c1)OCCO2. The second kappa shape index (κ2) is 7.95. The maximum atomic E-state index is 5.70. The van der Waals surface area contributed by atoms with Gasteiger partial charge in [-0.25, -0.2) is 0 Å². The van der Waals surface area contributed by atoms with Crippen molar-refractivity contribution in [2.24, 2.45) is 5.92 Å². The molecule has 118 valence electrons. The molecular formula is C17H27NO2S. The Morgan fingerprint density at radius 3 is 2.52 bits per heavy atom. The number of ether oxygens (including phenoxy) is 2. The average molecular weight is 309 g/mol. The van der Waals surface area contributed by atoms with Crippen LogP contribution in [0.4, 0.5) is 0 Å². The van der Waals surface area contributed by atoms with Gasteiger partial charge in [0, 0.05) is 17.0 Å². The van der Waals surface area contributed by atoms with Gasteiger partial charge in [0.25, 0.3) is 0 Å². The highest BCUT2D eigenvalue weighted by Crippen LogP contribution is 2.34. The van der Waals surface area contributed by atoms with Gasteiger partial charge >= 0.3 is 0 Å². The Hall–Kier alpha value is -0.870. The van der Waals surface area contributed by atoms with Crippen molar-refractivity contribution in [3.05, 3.63) is 23.8 Å². The zero-order valence-corrected chi connectivity index (χ0v) is 14.3. The summed E-state index contributed by atoms with van der Waals surface area (Å²) in [6, 6.07) is 6.67. The van der Waals surface area contributed by atoms with Gasteiger partial charge in [-0.05, 0) is 30.2 Å². The van der Waals surface area contributed by atoms with Crippen LogP contribution in [0.5, 0.6) is 11.5 Å². The van der Waals surface area contributed by atoms with Crippen molar-refractivity contribution in [1.29, 1.82) is 0 Å². The van der Waals surface area contributed by atoms with Gasteiger partial charge in [0.2, 0.25) is 0 Å². The second-order valence-electron chi connectivity index (χ2n) is 5.80. The minimum atomic E-state index is 0.358. The first-order chi connectivity index (χ1) is 10.1. The maximum absolute atomic E-state index is 5.70. The smallest absolute Gasteiger partial charge is 0.161 e. The number of benzene rings is 1.